The van der Waals surface area contributed by atoms with E-state index in [2.05, 4.69) is 77.7 Å². The molecule has 4 aromatic rings. The Morgan fingerprint density at radius 2 is 1.80 bits per heavy atom. The van der Waals surface area contributed by atoms with Crippen LogP contribution in [-0.4, -0.2) is 102 Å². The average molecular weight is 761 g/mol. The Morgan fingerprint density at radius 3 is 2.54 bits per heavy atom. The number of ether oxygens (including phenoxy) is 3. The molecule has 3 aromatic carbocycles. The quantitative estimate of drug-likeness (QED) is 0.0611. The van der Waals surface area contributed by atoms with Crippen LogP contribution in [0.15, 0.2) is 72.8 Å². The molecule has 7 rings (SSSR count). The molecule has 2 saturated heterocycles. The highest BCUT2D eigenvalue weighted by atomic mass is 16.7. The highest BCUT2D eigenvalue weighted by molar-refractivity contribution is 5.97. The van der Waals surface area contributed by atoms with Crippen LogP contribution >= 0.6 is 0 Å². The summed E-state index contributed by atoms with van der Waals surface area (Å²) in [5.74, 6) is 0.360. The highest BCUT2D eigenvalue weighted by Gasteiger charge is 2.35. The number of piperazine rings is 1. The van der Waals surface area contributed by atoms with Crippen molar-refractivity contribution in [3.05, 3.63) is 99.8 Å². The van der Waals surface area contributed by atoms with Crippen LogP contribution in [0, 0.1) is 28.4 Å². The first kappa shape index (κ1) is 38.0. The number of benzene rings is 3. The smallest absolute Gasteiger partial charge is 0.462 e. The number of anilines is 2. The van der Waals surface area contributed by atoms with Gasteiger partial charge in [0.15, 0.2) is 0 Å². The summed E-state index contributed by atoms with van der Waals surface area (Å²) in [5, 5.41) is 23.1. The second-order valence-electron chi connectivity index (χ2n) is 14.4. The standard InChI is InChI=1S/C41H44N8O7/c1-27-7-4-8-29-9-5-11-36(37(27)29)46-20-17-34-35(24-46)43-40(54-26-32-10-6-19-45(32)3)44-38(34)47-21-22-48(31(23-47)16-18-42)39(50)28(2)25-55-41(51)56-33-14-12-30(13-15-33)49(52)53/h4-5,7-9,11-15,31-32H,2,6,10,16-17,19-26H2,1,3H3/t31-,32-/m0/s1. The van der Waals surface area contributed by atoms with Crippen molar-refractivity contribution in [2.24, 2.45) is 0 Å². The van der Waals surface area contributed by atoms with Crippen molar-refractivity contribution in [2.75, 3.05) is 62.8 Å². The Bertz CT molecular complexity index is 2180. The summed E-state index contributed by atoms with van der Waals surface area (Å²) in [4.78, 5) is 54.7. The molecule has 15 heteroatoms. The van der Waals surface area contributed by atoms with E-state index in [1.54, 1.807) is 4.90 Å². The number of rotatable bonds is 11. The molecule has 0 spiro atoms. The van der Waals surface area contributed by atoms with Crippen LogP contribution in [0.4, 0.5) is 22.0 Å². The molecule has 56 heavy (non-hydrogen) atoms. The van der Waals surface area contributed by atoms with Crippen LogP contribution < -0.4 is 19.3 Å². The van der Waals surface area contributed by atoms with Crippen molar-refractivity contribution in [2.45, 2.75) is 51.2 Å². The molecule has 1 amide bonds. The lowest BCUT2D eigenvalue weighted by Crippen LogP contribution is -2.56. The number of fused-ring (bicyclic) bond motifs is 2. The average Bonchev–Trinajstić information content (AvgIpc) is 3.62. The van der Waals surface area contributed by atoms with Crippen LogP contribution in [0.2, 0.25) is 0 Å². The Kier molecular flexibility index (Phi) is 11.3. The minimum Gasteiger partial charge on any atom is -0.462 e. The Morgan fingerprint density at radius 1 is 1.02 bits per heavy atom. The van der Waals surface area contributed by atoms with E-state index in [9.17, 15) is 25.0 Å². The van der Waals surface area contributed by atoms with Crippen molar-refractivity contribution in [1.82, 2.24) is 19.8 Å². The Hall–Kier alpha value is -6.27. The molecule has 3 aliphatic rings. The molecular weight excluding hydrogens is 716 g/mol. The normalized spacial score (nSPS) is 18.3. The van der Waals surface area contributed by atoms with Crippen LogP contribution in [-0.2, 0) is 22.5 Å². The maximum absolute atomic E-state index is 13.7. The first-order valence-electron chi connectivity index (χ1n) is 18.8. The number of hydrogen-bond acceptors (Lipinski definition) is 13. The van der Waals surface area contributed by atoms with Gasteiger partial charge in [0.2, 0.25) is 0 Å². The van der Waals surface area contributed by atoms with Gasteiger partial charge in [-0.2, -0.15) is 15.2 Å². The maximum atomic E-state index is 13.7. The summed E-state index contributed by atoms with van der Waals surface area (Å²) < 4.78 is 16.6. The fraction of sp³-hybridized carbons (Fsp3) is 0.390. The number of nitro groups is 1. The summed E-state index contributed by atoms with van der Waals surface area (Å²) in [6.45, 7) is 9.45. The van der Waals surface area contributed by atoms with E-state index in [4.69, 9.17) is 24.2 Å². The van der Waals surface area contributed by atoms with Gasteiger partial charge in [-0.05, 0) is 68.9 Å². The number of likely N-dealkylation sites (tertiary alicyclic amines) is 1. The second kappa shape index (κ2) is 16.6. The number of carbonyl (C=O) groups is 2. The lowest BCUT2D eigenvalue weighted by Gasteiger charge is -2.42. The van der Waals surface area contributed by atoms with Gasteiger partial charge in [0, 0.05) is 66.6 Å². The summed E-state index contributed by atoms with van der Waals surface area (Å²) >= 11 is 0. The van der Waals surface area contributed by atoms with Crippen molar-refractivity contribution in [1.29, 1.82) is 5.26 Å². The Balaban J connectivity index is 1.07. The van der Waals surface area contributed by atoms with Crippen LogP contribution in [0.5, 0.6) is 11.8 Å². The molecule has 1 aromatic heterocycles. The number of hydrogen-bond donors (Lipinski definition) is 0. The minimum absolute atomic E-state index is 0.0118. The zero-order valence-electron chi connectivity index (χ0n) is 31.6. The topological polar surface area (TPSA) is 168 Å². The number of nitriles is 1. The van der Waals surface area contributed by atoms with Gasteiger partial charge < -0.3 is 33.8 Å². The van der Waals surface area contributed by atoms with E-state index < -0.39 is 29.6 Å². The monoisotopic (exact) mass is 760 g/mol. The van der Waals surface area contributed by atoms with E-state index in [1.165, 1.54) is 40.6 Å². The van der Waals surface area contributed by atoms with Crippen molar-refractivity contribution >= 4 is 40.0 Å². The Labute approximate surface area is 324 Å². The maximum Gasteiger partial charge on any atom is 0.514 e. The molecule has 2 fully saturated rings. The number of aromatic nitrogens is 2. The zero-order chi connectivity index (χ0) is 39.3. The molecule has 290 valence electrons. The second-order valence-corrected chi connectivity index (χ2v) is 14.4. The molecule has 2 atom stereocenters. The van der Waals surface area contributed by atoms with E-state index in [0.29, 0.717) is 38.7 Å². The van der Waals surface area contributed by atoms with Crippen molar-refractivity contribution in [3.8, 4) is 17.8 Å². The lowest BCUT2D eigenvalue weighted by atomic mass is 9.99. The first-order chi connectivity index (χ1) is 27.1. The van der Waals surface area contributed by atoms with Gasteiger partial charge in [0.05, 0.1) is 35.7 Å². The first-order valence-corrected chi connectivity index (χ1v) is 18.8. The predicted octanol–water partition coefficient (Wildman–Crippen LogP) is 5.58. The molecule has 3 aliphatic heterocycles. The molecule has 0 N–H and O–H groups in total. The fourth-order valence-corrected chi connectivity index (χ4v) is 7.82. The van der Waals surface area contributed by atoms with Gasteiger partial charge >= 0.3 is 12.2 Å². The van der Waals surface area contributed by atoms with Gasteiger partial charge in [-0.25, -0.2) is 4.79 Å². The SMILES string of the molecule is C=C(COC(=O)Oc1ccc([N+](=O)[O-])cc1)C(=O)N1CCN(c2nc(OC[C@@H]3CCCN3C)nc3c2CCN(c2cccc4cccc(C)c24)C3)C[C@@H]1CC#N. The largest absolute Gasteiger partial charge is 0.514 e. The number of nitrogens with zero attached hydrogens (tertiary/aromatic N) is 8. The van der Waals surface area contributed by atoms with Gasteiger partial charge in [-0.3, -0.25) is 14.9 Å². The molecule has 0 bridgehead atoms. The van der Waals surface area contributed by atoms with Gasteiger partial charge in [0.1, 0.15) is 24.8 Å². The molecule has 0 unspecified atom stereocenters. The third-order valence-corrected chi connectivity index (χ3v) is 10.8. The predicted molar refractivity (Wildman–Crippen MR) is 209 cm³/mol. The summed E-state index contributed by atoms with van der Waals surface area (Å²) in [7, 11) is 2.11. The minimum atomic E-state index is -1.09. The van der Waals surface area contributed by atoms with E-state index in [0.717, 1.165) is 48.7 Å². The van der Waals surface area contributed by atoms with E-state index in [-0.39, 0.29) is 36.0 Å². The van der Waals surface area contributed by atoms with Crippen molar-refractivity contribution in [3.63, 3.8) is 0 Å². The van der Waals surface area contributed by atoms with Crippen LogP contribution in [0.3, 0.4) is 0 Å². The fourth-order valence-electron chi connectivity index (χ4n) is 7.82. The number of nitro benzene ring substituents is 1. The van der Waals surface area contributed by atoms with Gasteiger partial charge in [-0.1, -0.05) is 36.9 Å². The van der Waals surface area contributed by atoms with Crippen LogP contribution in [0.1, 0.15) is 36.1 Å². The molecule has 4 heterocycles. The van der Waals surface area contributed by atoms with E-state index >= 15 is 0 Å². The summed E-state index contributed by atoms with van der Waals surface area (Å²) in [5.41, 5.74) is 4.15. The number of amides is 1. The number of non-ortho nitro benzene ring substituents is 1. The number of aryl methyl sites for hydroxylation is 1. The number of carbonyl (C=O) groups excluding carboxylic acids is 2. The molecule has 0 aliphatic carbocycles. The zero-order valence-corrected chi connectivity index (χ0v) is 31.6. The summed E-state index contributed by atoms with van der Waals surface area (Å²) in [6, 6.07) is 20.0. The van der Waals surface area contributed by atoms with Crippen molar-refractivity contribution < 1.29 is 28.7 Å². The highest BCUT2D eigenvalue weighted by Crippen LogP contribution is 2.36. The number of likely N-dealkylation sites (N-methyl/N-ethyl adjacent to an activating group) is 1. The molecular formula is C41H44N8O7. The third kappa shape index (κ3) is 8.20. The third-order valence-electron chi connectivity index (χ3n) is 10.8. The van der Waals surface area contributed by atoms with Crippen LogP contribution in [0.25, 0.3) is 10.8 Å². The molecule has 0 radical (unpaired) electrons. The van der Waals surface area contributed by atoms with Gasteiger partial charge in [0.25, 0.3) is 11.6 Å². The lowest BCUT2D eigenvalue weighted by molar-refractivity contribution is -0.384. The van der Waals surface area contributed by atoms with Gasteiger partial charge in [-0.15, -0.1) is 0 Å². The molecule has 15 nitrogen and oxygen atoms in total. The summed E-state index contributed by atoms with van der Waals surface area (Å²) in [6.07, 6.45) is 1.84. The van der Waals surface area contributed by atoms with E-state index in [1.807, 2.05) is 0 Å². The molecule has 0 saturated carbocycles.